The Morgan fingerprint density at radius 3 is 2.46 bits per heavy atom. The Bertz CT molecular complexity index is 723. The van der Waals surface area contributed by atoms with E-state index < -0.39 is 6.09 Å². The fourth-order valence-corrected chi connectivity index (χ4v) is 3.36. The Morgan fingerprint density at radius 2 is 1.81 bits per heavy atom. The third-order valence-electron chi connectivity index (χ3n) is 4.38. The van der Waals surface area contributed by atoms with E-state index in [1.165, 1.54) is 0 Å². The largest absolute Gasteiger partial charge is 0.445 e. The van der Waals surface area contributed by atoms with Gasteiger partial charge in [0, 0.05) is 43.9 Å². The first-order valence-corrected chi connectivity index (χ1v) is 9.54. The molecule has 0 aliphatic carbocycles. The predicted octanol–water partition coefficient (Wildman–Crippen LogP) is 2.56. The van der Waals surface area contributed by atoms with Crippen LogP contribution in [0.5, 0.6) is 0 Å². The summed E-state index contributed by atoms with van der Waals surface area (Å²) in [5, 5.41) is 6.61. The standard InChI is InChI=1S/C19H23N3O3S/c1-21-7-9-22(10-8-21)18(23)17-4-2-15(3-5-17)12-20-19(24)25-13-16-6-11-26-14-16/h2-6,11,14H,7-10,12-13H2,1H3,(H,20,24). The van der Waals surface area contributed by atoms with Crippen LogP contribution in [-0.4, -0.2) is 55.0 Å². The second-order valence-corrected chi connectivity index (χ2v) is 7.13. The number of rotatable bonds is 5. The van der Waals surface area contributed by atoms with Crippen LogP contribution in [0.4, 0.5) is 4.79 Å². The van der Waals surface area contributed by atoms with Gasteiger partial charge in [-0.25, -0.2) is 4.79 Å². The van der Waals surface area contributed by atoms with E-state index in [1.807, 2.05) is 46.0 Å². The van der Waals surface area contributed by atoms with Crippen LogP contribution in [0.25, 0.3) is 0 Å². The van der Waals surface area contributed by atoms with Gasteiger partial charge >= 0.3 is 6.09 Å². The van der Waals surface area contributed by atoms with Crippen molar-refractivity contribution in [2.24, 2.45) is 0 Å². The lowest BCUT2D eigenvalue weighted by Gasteiger charge is -2.32. The van der Waals surface area contributed by atoms with Crippen molar-refractivity contribution < 1.29 is 14.3 Å². The number of nitrogens with zero attached hydrogens (tertiary/aromatic N) is 2. The van der Waals surface area contributed by atoms with E-state index in [0.717, 1.165) is 37.3 Å². The SMILES string of the molecule is CN1CCN(C(=O)c2ccc(CNC(=O)OCc3ccsc3)cc2)CC1. The number of thiophene rings is 1. The summed E-state index contributed by atoms with van der Waals surface area (Å²) in [5.41, 5.74) is 2.59. The van der Waals surface area contributed by atoms with Crippen molar-refractivity contribution in [1.29, 1.82) is 0 Å². The summed E-state index contributed by atoms with van der Waals surface area (Å²) in [5.74, 6) is 0.0628. The molecule has 26 heavy (non-hydrogen) atoms. The van der Waals surface area contributed by atoms with Crippen molar-refractivity contribution >= 4 is 23.3 Å². The molecule has 2 heterocycles. The number of amides is 2. The zero-order valence-electron chi connectivity index (χ0n) is 14.8. The fourth-order valence-electron chi connectivity index (χ4n) is 2.71. The van der Waals surface area contributed by atoms with Gasteiger partial charge in [-0.15, -0.1) is 0 Å². The molecule has 1 aromatic carbocycles. The van der Waals surface area contributed by atoms with E-state index in [9.17, 15) is 9.59 Å². The molecule has 0 atom stereocenters. The summed E-state index contributed by atoms with van der Waals surface area (Å²) >= 11 is 1.57. The molecule has 0 unspecified atom stereocenters. The summed E-state index contributed by atoms with van der Waals surface area (Å²) in [4.78, 5) is 28.3. The first-order chi connectivity index (χ1) is 12.6. The van der Waals surface area contributed by atoms with Crippen LogP contribution in [0.1, 0.15) is 21.5 Å². The summed E-state index contributed by atoms with van der Waals surface area (Å²) in [6, 6.07) is 9.28. The highest BCUT2D eigenvalue weighted by Gasteiger charge is 2.20. The average molecular weight is 373 g/mol. The molecule has 0 saturated carbocycles. The number of nitrogens with one attached hydrogen (secondary N) is 1. The zero-order valence-corrected chi connectivity index (χ0v) is 15.6. The Balaban J connectivity index is 1.45. The summed E-state index contributed by atoms with van der Waals surface area (Å²) in [6.45, 7) is 3.96. The van der Waals surface area contributed by atoms with E-state index in [-0.39, 0.29) is 12.5 Å². The lowest BCUT2D eigenvalue weighted by atomic mass is 10.1. The number of alkyl carbamates (subject to hydrolysis) is 1. The third kappa shape index (κ3) is 5.06. The Labute approximate surface area is 157 Å². The van der Waals surface area contributed by atoms with Crippen molar-refractivity contribution in [3.63, 3.8) is 0 Å². The first-order valence-electron chi connectivity index (χ1n) is 8.60. The van der Waals surface area contributed by atoms with Crippen LogP contribution in [0.15, 0.2) is 41.1 Å². The van der Waals surface area contributed by atoms with Crippen molar-refractivity contribution in [1.82, 2.24) is 15.1 Å². The second-order valence-electron chi connectivity index (χ2n) is 6.35. The molecule has 1 aromatic heterocycles. The molecule has 1 N–H and O–H groups in total. The average Bonchev–Trinajstić information content (AvgIpc) is 3.19. The van der Waals surface area contributed by atoms with Gasteiger partial charge in [0.25, 0.3) is 5.91 Å². The van der Waals surface area contributed by atoms with Crippen LogP contribution < -0.4 is 5.32 Å². The Hall–Kier alpha value is -2.38. The minimum Gasteiger partial charge on any atom is -0.445 e. The maximum Gasteiger partial charge on any atom is 0.407 e. The molecule has 3 rings (SSSR count). The van der Waals surface area contributed by atoms with E-state index in [0.29, 0.717) is 12.1 Å². The van der Waals surface area contributed by atoms with Crippen LogP contribution in [0.3, 0.4) is 0 Å². The van der Waals surface area contributed by atoms with Gasteiger partial charge in [0.15, 0.2) is 0 Å². The number of piperazine rings is 1. The van der Waals surface area contributed by atoms with Crippen molar-refractivity contribution in [2.75, 3.05) is 33.2 Å². The maximum absolute atomic E-state index is 12.5. The molecule has 2 amide bonds. The van der Waals surface area contributed by atoms with Gasteiger partial charge in [-0.05, 0) is 41.6 Å². The highest BCUT2D eigenvalue weighted by molar-refractivity contribution is 7.07. The number of likely N-dealkylation sites (N-methyl/N-ethyl adjacent to an activating group) is 1. The smallest absolute Gasteiger partial charge is 0.407 e. The number of hydrogen-bond donors (Lipinski definition) is 1. The summed E-state index contributed by atoms with van der Waals surface area (Å²) in [6.07, 6.45) is -0.450. The number of ether oxygens (including phenoxy) is 1. The van der Waals surface area contributed by atoms with Gasteiger partial charge in [0.05, 0.1) is 0 Å². The van der Waals surface area contributed by atoms with Crippen molar-refractivity contribution in [2.45, 2.75) is 13.2 Å². The van der Waals surface area contributed by atoms with E-state index in [1.54, 1.807) is 11.3 Å². The molecular weight excluding hydrogens is 350 g/mol. The van der Waals surface area contributed by atoms with Crippen LogP contribution >= 0.6 is 11.3 Å². The molecule has 138 valence electrons. The van der Waals surface area contributed by atoms with E-state index in [4.69, 9.17) is 4.74 Å². The van der Waals surface area contributed by atoms with Gasteiger partial charge in [-0.3, -0.25) is 4.79 Å². The van der Waals surface area contributed by atoms with Crippen LogP contribution in [-0.2, 0) is 17.9 Å². The van der Waals surface area contributed by atoms with Gasteiger partial charge in [-0.2, -0.15) is 11.3 Å². The second kappa shape index (κ2) is 8.82. The Morgan fingerprint density at radius 1 is 1.08 bits per heavy atom. The van der Waals surface area contributed by atoms with Gasteiger partial charge in [-0.1, -0.05) is 12.1 Å². The van der Waals surface area contributed by atoms with E-state index in [2.05, 4.69) is 17.3 Å². The number of benzene rings is 1. The zero-order chi connectivity index (χ0) is 18.4. The molecule has 0 radical (unpaired) electrons. The summed E-state index contributed by atoms with van der Waals surface area (Å²) in [7, 11) is 2.06. The normalized spacial score (nSPS) is 14.9. The first kappa shape index (κ1) is 18.4. The Kier molecular flexibility index (Phi) is 6.25. The summed E-state index contributed by atoms with van der Waals surface area (Å²) < 4.78 is 5.15. The van der Waals surface area contributed by atoms with Crippen molar-refractivity contribution in [3.8, 4) is 0 Å². The van der Waals surface area contributed by atoms with Gasteiger partial charge < -0.3 is 19.9 Å². The predicted molar refractivity (Wildman–Crippen MR) is 101 cm³/mol. The fraction of sp³-hybridized carbons (Fsp3) is 0.368. The number of carbonyl (C=O) groups is 2. The quantitative estimate of drug-likeness (QED) is 0.875. The molecule has 1 fully saturated rings. The molecule has 1 saturated heterocycles. The lowest BCUT2D eigenvalue weighted by Crippen LogP contribution is -2.47. The minimum atomic E-state index is -0.450. The molecule has 7 heteroatoms. The molecular formula is C19H23N3O3S. The third-order valence-corrected chi connectivity index (χ3v) is 5.11. The van der Waals surface area contributed by atoms with Crippen LogP contribution in [0, 0.1) is 0 Å². The molecule has 1 aliphatic heterocycles. The molecule has 6 nitrogen and oxygen atoms in total. The molecule has 0 spiro atoms. The molecule has 1 aliphatic rings. The number of carbonyl (C=O) groups excluding carboxylic acids is 2. The van der Waals surface area contributed by atoms with Gasteiger partial charge in [0.1, 0.15) is 6.61 Å². The van der Waals surface area contributed by atoms with Crippen LogP contribution in [0.2, 0.25) is 0 Å². The highest BCUT2D eigenvalue weighted by Crippen LogP contribution is 2.10. The van der Waals surface area contributed by atoms with E-state index >= 15 is 0 Å². The molecule has 2 aromatic rings. The lowest BCUT2D eigenvalue weighted by molar-refractivity contribution is 0.0664. The minimum absolute atomic E-state index is 0.0628. The van der Waals surface area contributed by atoms with Crippen molar-refractivity contribution in [3.05, 3.63) is 57.8 Å². The topological polar surface area (TPSA) is 61.9 Å². The monoisotopic (exact) mass is 373 g/mol. The highest BCUT2D eigenvalue weighted by atomic mass is 32.1. The van der Waals surface area contributed by atoms with Gasteiger partial charge in [0.2, 0.25) is 0 Å². The molecule has 0 bridgehead atoms. The maximum atomic E-state index is 12.5. The number of hydrogen-bond acceptors (Lipinski definition) is 5.